The summed E-state index contributed by atoms with van der Waals surface area (Å²) in [5.74, 6) is 0.275. The van der Waals surface area contributed by atoms with E-state index >= 15 is 0 Å². The molecule has 0 unspecified atom stereocenters. The monoisotopic (exact) mass is 371 g/mol. The third kappa shape index (κ3) is 3.17. The molecule has 1 saturated heterocycles. The van der Waals surface area contributed by atoms with Gasteiger partial charge >= 0.3 is 0 Å². The molecule has 6 nitrogen and oxygen atoms in total. The van der Waals surface area contributed by atoms with Crippen molar-refractivity contribution in [2.24, 2.45) is 5.92 Å². The molecular formula is C18H15ClFN5O. The maximum atomic E-state index is 13.6. The lowest BCUT2D eigenvalue weighted by molar-refractivity contribution is -0.120. The first kappa shape index (κ1) is 16.7. The van der Waals surface area contributed by atoms with E-state index in [9.17, 15) is 9.18 Å². The molecular weight excluding hydrogens is 357 g/mol. The van der Waals surface area contributed by atoms with E-state index in [0.717, 1.165) is 11.1 Å². The zero-order valence-corrected chi connectivity index (χ0v) is 14.4. The Balaban J connectivity index is 1.49. The Morgan fingerprint density at radius 2 is 2.04 bits per heavy atom. The molecule has 0 saturated carbocycles. The van der Waals surface area contributed by atoms with Crippen LogP contribution >= 0.6 is 11.6 Å². The summed E-state index contributed by atoms with van der Waals surface area (Å²) in [4.78, 5) is 21.4. The van der Waals surface area contributed by atoms with Gasteiger partial charge in [0.2, 0.25) is 11.9 Å². The van der Waals surface area contributed by atoms with E-state index < -0.39 is 5.82 Å². The second kappa shape index (κ2) is 6.84. The van der Waals surface area contributed by atoms with Crippen LogP contribution in [0.2, 0.25) is 5.02 Å². The standard InChI is InChI=1S/C18H15ClFN5O/c19-14-2-1-11(10-15(14)20)9-13-5-8-25(17(13)26)18-22-16(23-24-18)12-3-6-21-7-4-12/h1-4,6-7,10,13H,5,8-9H2,(H,22,23,24)/t13-/m1/s1. The highest BCUT2D eigenvalue weighted by Crippen LogP contribution is 2.27. The summed E-state index contributed by atoms with van der Waals surface area (Å²) in [5, 5.41) is 8.28. The summed E-state index contributed by atoms with van der Waals surface area (Å²) in [7, 11) is 0. The van der Waals surface area contributed by atoms with Gasteiger partial charge in [0, 0.05) is 30.4 Å². The van der Waals surface area contributed by atoms with Crippen molar-refractivity contribution in [1.29, 1.82) is 0 Å². The SMILES string of the molecule is O=C1[C@@H](Cc2ccc(Cl)c(F)c2)CCN1c1nnc(-c2ccncc2)[nH]1. The first-order chi connectivity index (χ1) is 12.6. The van der Waals surface area contributed by atoms with Crippen molar-refractivity contribution < 1.29 is 9.18 Å². The Hall–Kier alpha value is -2.80. The quantitative estimate of drug-likeness (QED) is 0.763. The first-order valence-electron chi connectivity index (χ1n) is 8.20. The minimum atomic E-state index is -0.469. The van der Waals surface area contributed by atoms with Gasteiger partial charge in [0.15, 0.2) is 5.82 Å². The van der Waals surface area contributed by atoms with Crippen molar-refractivity contribution in [2.45, 2.75) is 12.8 Å². The van der Waals surface area contributed by atoms with Gasteiger partial charge in [-0.25, -0.2) is 4.39 Å². The molecule has 3 heterocycles. The summed E-state index contributed by atoms with van der Waals surface area (Å²) < 4.78 is 13.6. The van der Waals surface area contributed by atoms with Crippen LogP contribution < -0.4 is 4.90 Å². The smallest absolute Gasteiger partial charge is 0.232 e. The van der Waals surface area contributed by atoms with E-state index in [4.69, 9.17) is 11.6 Å². The summed E-state index contributed by atoms with van der Waals surface area (Å²) in [5.41, 5.74) is 1.60. The average molecular weight is 372 g/mol. The normalized spacial score (nSPS) is 17.1. The summed E-state index contributed by atoms with van der Waals surface area (Å²) in [6, 6.07) is 8.27. The van der Waals surface area contributed by atoms with Crippen LogP contribution in [0, 0.1) is 11.7 Å². The molecule has 0 spiro atoms. The highest BCUT2D eigenvalue weighted by atomic mass is 35.5. The van der Waals surface area contributed by atoms with Crippen LogP contribution in [-0.2, 0) is 11.2 Å². The molecule has 0 bridgehead atoms. The number of carbonyl (C=O) groups is 1. The Labute approximate surface area is 154 Å². The van der Waals surface area contributed by atoms with Gasteiger partial charge in [0.05, 0.1) is 5.02 Å². The zero-order chi connectivity index (χ0) is 18.1. The fourth-order valence-corrected chi connectivity index (χ4v) is 3.22. The molecule has 0 aliphatic carbocycles. The van der Waals surface area contributed by atoms with Crippen molar-refractivity contribution in [3.63, 3.8) is 0 Å². The zero-order valence-electron chi connectivity index (χ0n) is 13.7. The second-order valence-electron chi connectivity index (χ2n) is 6.16. The van der Waals surface area contributed by atoms with Crippen LogP contribution in [0.25, 0.3) is 11.4 Å². The molecule has 8 heteroatoms. The third-order valence-electron chi connectivity index (χ3n) is 4.47. The number of carbonyl (C=O) groups excluding carboxylic acids is 1. The van der Waals surface area contributed by atoms with Gasteiger partial charge in [-0.3, -0.25) is 14.7 Å². The number of anilines is 1. The molecule has 132 valence electrons. The number of pyridine rings is 1. The lowest BCUT2D eigenvalue weighted by Gasteiger charge is -2.13. The van der Waals surface area contributed by atoms with E-state index in [0.29, 0.717) is 31.2 Å². The van der Waals surface area contributed by atoms with Crippen molar-refractivity contribution in [3.8, 4) is 11.4 Å². The number of nitrogens with zero attached hydrogens (tertiary/aromatic N) is 4. The molecule has 4 rings (SSSR count). The number of hydrogen-bond acceptors (Lipinski definition) is 4. The molecule has 3 aromatic rings. The average Bonchev–Trinajstić information content (AvgIpc) is 3.27. The molecule has 1 aliphatic rings. The predicted molar refractivity (Wildman–Crippen MR) is 95.2 cm³/mol. The fourth-order valence-electron chi connectivity index (χ4n) is 3.10. The molecule has 1 fully saturated rings. The summed E-state index contributed by atoms with van der Waals surface area (Å²) in [6.45, 7) is 0.546. The number of halogens is 2. The molecule has 1 N–H and O–H groups in total. The number of amides is 1. The van der Waals surface area contributed by atoms with E-state index in [1.165, 1.54) is 12.1 Å². The van der Waals surface area contributed by atoms with Crippen LogP contribution in [0.15, 0.2) is 42.7 Å². The first-order valence-corrected chi connectivity index (χ1v) is 8.58. The maximum absolute atomic E-state index is 13.6. The van der Waals surface area contributed by atoms with Gasteiger partial charge in [0.25, 0.3) is 0 Å². The van der Waals surface area contributed by atoms with E-state index in [1.54, 1.807) is 23.4 Å². The van der Waals surface area contributed by atoms with Gasteiger partial charge in [-0.15, -0.1) is 10.2 Å². The van der Waals surface area contributed by atoms with Crippen molar-refractivity contribution in [2.75, 3.05) is 11.4 Å². The molecule has 1 atom stereocenters. The second-order valence-corrected chi connectivity index (χ2v) is 6.57. The van der Waals surface area contributed by atoms with Crippen LogP contribution in [-0.4, -0.2) is 32.6 Å². The van der Waals surface area contributed by atoms with Crippen molar-refractivity contribution >= 4 is 23.5 Å². The minimum Gasteiger partial charge on any atom is -0.307 e. The van der Waals surface area contributed by atoms with E-state index in [1.807, 2.05) is 12.1 Å². The minimum absolute atomic E-state index is 0.0437. The van der Waals surface area contributed by atoms with Crippen molar-refractivity contribution in [3.05, 3.63) is 59.1 Å². The van der Waals surface area contributed by atoms with Gasteiger partial charge in [-0.05, 0) is 42.7 Å². The highest BCUT2D eigenvalue weighted by molar-refractivity contribution is 6.30. The molecule has 26 heavy (non-hydrogen) atoms. The number of H-pyrrole nitrogens is 1. The molecule has 0 radical (unpaired) electrons. The highest BCUT2D eigenvalue weighted by Gasteiger charge is 2.34. The topological polar surface area (TPSA) is 74.8 Å². The van der Waals surface area contributed by atoms with Crippen molar-refractivity contribution in [1.82, 2.24) is 20.2 Å². The predicted octanol–water partition coefficient (Wildman–Crippen LogP) is 3.25. The fraction of sp³-hybridized carbons (Fsp3) is 0.222. The van der Waals surface area contributed by atoms with E-state index in [-0.39, 0.29) is 16.8 Å². The van der Waals surface area contributed by atoms with E-state index in [2.05, 4.69) is 20.2 Å². The van der Waals surface area contributed by atoms with Gasteiger partial charge < -0.3 is 4.98 Å². The number of hydrogen-bond donors (Lipinski definition) is 1. The maximum Gasteiger partial charge on any atom is 0.232 e. The summed E-state index contributed by atoms with van der Waals surface area (Å²) in [6.07, 6.45) is 4.47. The number of aromatic amines is 1. The Morgan fingerprint density at radius 1 is 1.23 bits per heavy atom. The molecule has 1 aliphatic heterocycles. The molecule has 2 aromatic heterocycles. The van der Waals surface area contributed by atoms with Crippen LogP contribution in [0.5, 0.6) is 0 Å². The van der Waals surface area contributed by atoms with Crippen LogP contribution in [0.4, 0.5) is 10.3 Å². The third-order valence-corrected chi connectivity index (χ3v) is 4.77. The van der Waals surface area contributed by atoms with Gasteiger partial charge in [-0.1, -0.05) is 17.7 Å². The van der Waals surface area contributed by atoms with Crippen LogP contribution in [0.1, 0.15) is 12.0 Å². The number of benzene rings is 1. The van der Waals surface area contributed by atoms with Gasteiger partial charge in [0.1, 0.15) is 5.82 Å². The molecule has 1 amide bonds. The summed E-state index contributed by atoms with van der Waals surface area (Å²) >= 11 is 5.71. The van der Waals surface area contributed by atoms with Gasteiger partial charge in [-0.2, -0.15) is 0 Å². The largest absolute Gasteiger partial charge is 0.307 e. The Bertz CT molecular complexity index is 946. The lowest BCUT2D eigenvalue weighted by atomic mass is 9.98. The number of rotatable bonds is 4. The number of aromatic nitrogens is 4. The van der Waals surface area contributed by atoms with Crippen LogP contribution in [0.3, 0.4) is 0 Å². The number of nitrogens with one attached hydrogen (secondary N) is 1. The molecule has 1 aromatic carbocycles. The lowest BCUT2D eigenvalue weighted by Crippen LogP contribution is -2.28. The Morgan fingerprint density at radius 3 is 2.81 bits per heavy atom. The Kier molecular flexibility index (Phi) is 4.38.